The molecular weight excluding hydrogens is 146 g/mol. The van der Waals surface area contributed by atoms with Gasteiger partial charge in [0.2, 0.25) is 5.88 Å². The Morgan fingerprint density at radius 3 is 3.00 bits per heavy atom. The van der Waals surface area contributed by atoms with Gasteiger partial charge in [-0.1, -0.05) is 6.07 Å². The molecule has 0 saturated heterocycles. The molecule has 0 bridgehead atoms. The maximum absolute atomic E-state index is 10.0. The first-order chi connectivity index (χ1) is 5.29. The van der Waals surface area contributed by atoms with Gasteiger partial charge in [0.25, 0.3) is 0 Å². The SMILES string of the molecule is O=C(O)COc1ccccn1. The average molecular weight is 153 g/mol. The first-order valence-corrected chi connectivity index (χ1v) is 3.04. The van der Waals surface area contributed by atoms with Crippen molar-refractivity contribution in [2.24, 2.45) is 0 Å². The normalized spacial score (nSPS) is 9.09. The minimum Gasteiger partial charge on any atom is -0.479 e. The number of ether oxygens (including phenoxy) is 1. The van der Waals surface area contributed by atoms with Crippen molar-refractivity contribution >= 4 is 5.97 Å². The monoisotopic (exact) mass is 153 g/mol. The summed E-state index contributed by atoms with van der Waals surface area (Å²) < 4.78 is 4.76. The molecule has 4 nitrogen and oxygen atoms in total. The molecule has 0 fully saturated rings. The Morgan fingerprint density at radius 2 is 2.45 bits per heavy atom. The molecule has 0 amide bonds. The first-order valence-electron chi connectivity index (χ1n) is 3.04. The second-order valence-corrected chi connectivity index (χ2v) is 1.85. The lowest BCUT2D eigenvalue weighted by Gasteiger charge is -1.98. The van der Waals surface area contributed by atoms with E-state index in [0.717, 1.165) is 0 Å². The van der Waals surface area contributed by atoms with Gasteiger partial charge in [-0.05, 0) is 6.07 Å². The Balaban J connectivity index is 2.45. The lowest BCUT2D eigenvalue weighted by molar-refractivity contribution is -0.139. The maximum atomic E-state index is 10.0. The van der Waals surface area contributed by atoms with Gasteiger partial charge in [-0.15, -0.1) is 0 Å². The van der Waals surface area contributed by atoms with E-state index in [4.69, 9.17) is 9.84 Å². The van der Waals surface area contributed by atoms with E-state index in [-0.39, 0.29) is 6.61 Å². The highest BCUT2D eigenvalue weighted by molar-refractivity contribution is 5.68. The van der Waals surface area contributed by atoms with Crippen molar-refractivity contribution in [2.45, 2.75) is 0 Å². The average Bonchev–Trinajstić information content (AvgIpc) is 2.03. The van der Waals surface area contributed by atoms with Gasteiger partial charge < -0.3 is 9.84 Å². The van der Waals surface area contributed by atoms with Crippen molar-refractivity contribution in [3.8, 4) is 5.88 Å². The summed E-state index contributed by atoms with van der Waals surface area (Å²) in [7, 11) is 0. The topological polar surface area (TPSA) is 59.4 Å². The van der Waals surface area contributed by atoms with Gasteiger partial charge in [0.15, 0.2) is 6.61 Å². The minimum atomic E-state index is -1.00. The van der Waals surface area contributed by atoms with Crippen LogP contribution in [0, 0.1) is 0 Å². The quantitative estimate of drug-likeness (QED) is 0.688. The number of hydrogen-bond donors (Lipinski definition) is 1. The smallest absolute Gasteiger partial charge is 0.341 e. The Hall–Kier alpha value is -1.58. The van der Waals surface area contributed by atoms with Crippen LogP contribution in [-0.4, -0.2) is 22.7 Å². The number of carboxylic acids is 1. The Kier molecular flexibility index (Phi) is 2.43. The van der Waals surface area contributed by atoms with Crippen LogP contribution in [0.5, 0.6) is 5.88 Å². The van der Waals surface area contributed by atoms with Crippen LogP contribution >= 0.6 is 0 Å². The number of pyridine rings is 1. The van der Waals surface area contributed by atoms with Crippen LogP contribution in [0.15, 0.2) is 24.4 Å². The van der Waals surface area contributed by atoms with Gasteiger partial charge in [0.1, 0.15) is 0 Å². The molecule has 0 spiro atoms. The predicted molar refractivity (Wildman–Crippen MR) is 37.4 cm³/mol. The zero-order valence-corrected chi connectivity index (χ0v) is 5.73. The summed E-state index contributed by atoms with van der Waals surface area (Å²) >= 11 is 0. The van der Waals surface area contributed by atoms with Crippen molar-refractivity contribution < 1.29 is 14.6 Å². The molecule has 0 radical (unpaired) electrons. The van der Waals surface area contributed by atoms with Gasteiger partial charge in [-0.25, -0.2) is 9.78 Å². The summed E-state index contributed by atoms with van der Waals surface area (Å²) in [5.74, 6) is -0.675. The molecule has 1 aromatic heterocycles. The number of carboxylic acid groups (broad SMARTS) is 1. The van der Waals surface area contributed by atoms with E-state index in [1.165, 1.54) is 6.20 Å². The molecule has 0 aliphatic rings. The van der Waals surface area contributed by atoms with Crippen LogP contribution in [-0.2, 0) is 4.79 Å². The van der Waals surface area contributed by atoms with Gasteiger partial charge in [0, 0.05) is 12.3 Å². The minimum absolute atomic E-state index is 0.329. The Labute approximate surface area is 63.5 Å². The fourth-order valence-corrected chi connectivity index (χ4v) is 0.568. The van der Waals surface area contributed by atoms with Crippen LogP contribution in [0.25, 0.3) is 0 Å². The highest BCUT2D eigenvalue weighted by atomic mass is 16.5. The fraction of sp³-hybridized carbons (Fsp3) is 0.143. The molecular formula is C7H7NO3. The number of rotatable bonds is 3. The third-order valence-corrected chi connectivity index (χ3v) is 0.981. The van der Waals surface area contributed by atoms with Gasteiger partial charge in [-0.3, -0.25) is 0 Å². The van der Waals surface area contributed by atoms with Crippen LogP contribution in [0.3, 0.4) is 0 Å². The van der Waals surface area contributed by atoms with Gasteiger partial charge in [0.05, 0.1) is 0 Å². The lowest BCUT2D eigenvalue weighted by Crippen LogP contribution is -2.09. The second kappa shape index (κ2) is 3.55. The van der Waals surface area contributed by atoms with Crippen molar-refractivity contribution in [3.63, 3.8) is 0 Å². The summed E-state index contributed by atoms with van der Waals surface area (Å²) in [6, 6.07) is 5.06. The van der Waals surface area contributed by atoms with E-state index >= 15 is 0 Å². The van der Waals surface area contributed by atoms with Crippen LogP contribution < -0.4 is 4.74 Å². The van der Waals surface area contributed by atoms with E-state index in [1.807, 2.05) is 0 Å². The van der Waals surface area contributed by atoms with E-state index in [2.05, 4.69) is 4.98 Å². The van der Waals surface area contributed by atoms with Crippen molar-refractivity contribution in [3.05, 3.63) is 24.4 Å². The zero-order chi connectivity index (χ0) is 8.10. The molecule has 1 aromatic rings. The van der Waals surface area contributed by atoms with E-state index in [9.17, 15) is 4.79 Å². The number of aliphatic carboxylic acids is 1. The summed E-state index contributed by atoms with van der Waals surface area (Å²) in [6.45, 7) is -0.350. The molecule has 0 aliphatic heterocycles. The summed E-state index contributed by atoms with van der Waals surface area (Å²) in [5.41, 5.74) is 0. The van der Waals surface area contributed by atoms with Gasteiger partial charge in [-0.2, -0.15) is 0 Å². The first kappa shape index (κ1) is 7.53. The Morgan fingerprint density at radius 1 is 1.64 bits per heavy atom. The van der Waals surface area contributed by atoms with Crippen molar-refractivity contribution in [2.75, 3.05) is 6.61 Å². The maximum Gasteiger partial charge on any atom is 0.341 e. The molecule has 11 heavy (non-hydrogen) atoms. The third-order valence-electron chi connectivity index (χ3n) is 0.981. The largest absolute Gasteiger partial charge is 0.479 e. The molecule has 0 saturated carbocycles. The fourth-order valence-electron chi connectivity index (χ4n) is 0.568. The van der Waals surface area contributed by atoms with E-state index in [1.54, 1.807) is 18.2 Å². The summed E-state index contributed by atoms with van der Waals surface area (Å²) in [6.07, 6.45) is 1.54. The third kappa shape index (κ3) is 2.66. The molecule has 1 heterocycles. The number of nitrogens with zero attached hydrogens (tertiary/aromatic N) is 1. The second-order valence-electron chi connectivity index (χ2n) is 1.85. The predicted octanol–water partition coefficient (Wildman–Crippen LogP) is 0.545. The molecule has 58 valence electrons. The molecule has 4 heteroatoms. The number of aromatic nitrogens is 1. The summed E-state index contributed by atoms with van der Waals surface area (Å²) in [4.78, 5) is 13.8. The molecule has 0 aliphatic carbocycles. The summed E-state index contributed by atoms with van der Waals surface area (Å²) in [5, 5.41) is 8.22. The highest BCUT2D eigenvalue weighted by Gasteiger charge is 1.97. The highest BCUT2D eigenvalue weighted by Crippen LogP contribution is 2.01. The zero-order valence-electron chi connectivity index (χ0n) is 5.73. The molecule has 1 N–H and O–H groups in total. The van der Waals surface area contributed by atoms with Crippen LogP contribution in [0.4, 0.5) is 0 Å². The van der Waals surface area contributed by atoms with Crippen LogP contribution in [0.1, 0.15) is 0 Å². The molecule has 1 rings (SSSR count). The number of carbonyl (C=O) groups is 1. The lowest BCUT2D eigenvalue weighted by atomic mass is 10.5. The van der Waals surface area contributed by atoms with Crippen molar-refractivity contribution in [1.82, 2.24) is 4.98 Å². The molecule has 0 unspecified atom stereocenters. The van der Waals surface area contributed by atoms with Gasteiger partial charge >= 0.3 is 5.97 Å². The molecule has 0 aromatic carbocycles. The standard InChI is InChI=1S/C7H7NO3/c9-7(10)5-11-6-3-1-2-4-8-6/h1-4H,5H2,(H,9,10). The van der Waals surface area contributed by atoms with E-state index in [0.29, 0.717) is 5.88 Å². The van der Waals surface area contributed by atoms with Crippen LogP contribution in [0.2, 0.25) is 0 Å². The van der Waals surface area contributed by atoms with E-state index < -0.39 is 5.97 Å². The number of hydrogen-bond acceptors (Lipinski definition) is 3. The van der Waals surface area contributed by atoms with Crippen molar-refractivity contribution in [1.29, 1.82) is 0 Å². The Bertz CT molecular complexity index is 235. The molecule has 0 atom stereocenters.